The number of thiazole rings is 1. The molecule has 0 saturated carbocycles. The highest BCUT2D eigenvalue weighted by Gasteiger charge is 2.34. The van der Waals surface area contributed by atoms with Crippen molar-refractivity contribution in [1.29, 1.82) is 0 Å². The number of H-pyrrole nitrogens is 1. The number of anilines is 1. The monoisotopic (exact) mass is 475 g/mol. The second kappa shape index (κ2) is 8.80. The molecule has 1 saturated heterocycles. The van der Waals surface area contributed by atoms with Gasteiger partial charge in [0.25, 0.3) is 11.8 Å². The van der Waals surface area contributed by atoms with Crippen LogP contribution in [0.5, 0.6) is 0 Å². The van der Waals surface area contributed by atoms with Gasteiger partial charge in [-0.3, -0.25) is 9.59 Å². The van der Waals surface area contributed by atoms with E-state index in [1.807, 2.05) is 0 Å². The van der Waals surface area contributed by atoms with Gasteiger partial charge in [-0.15, -0.1) is 0 Å². The van der Waals surface area contributed by atoms with E-state index < -0.39 is 23.9 Å². The van der Waals surface area contributed by atoms with Gasteiger partial charge in [-0.25, -0.2) is 9.78 Å². The number of primary amides is 1. The predicted octanol–water partition coefficient (Wildman–Crippen LogP) is 1.91. The van der Waals surface area contributed by atoms with E-state index in [1.54, 1.807) is 11.8 Å². The highest BCUT2D eigenvalue weighted by molar-refractivity contribution is 7.17. The van der Waals surface area contributed by atoms with Crippen LogP contribution in [0, 0.1) is 6.92 Å². The van der Waals surface area contributed by atoms with E-state index in [-0.39, 0.29) is 27.3 Å². The number of carboxylic acids is 1. The molecule has 1 aliphatic rings. The topological polar surface area (TPSA) is 151 Å². The fourth-order valence-electron chi connectivity index (χ4n) is 3.22. The maximum atomic E-state index is 12.6. The van der Waals surface area contributed by atoms with E-state index in [9.17, 15) is 19.5 Å². The standard InChI is InChI=1S/C17H19Cl2N5O5S/c1-6-9(18)10(19)11(21-6)15(26)22-7-3-4-24(5-8(7)29-2)17-23-12(16(27)28)13(30-17)14(20)25/h7-8,21H,3-5H2,1-2H3,(H2,20,25)(H,22,26)(H,27,28)/t7-,8+/m0/s1. The third kappa shape index (κ3) is 4.24. The van der Waals surface area contributed by atoms with Gasteiger partial charge >= 0.3 is 5.97 Å². The summed E-state index contributed by atoms with van der Waals surface area (Å²) in [6, 6.07) is -0.327. The van der Waals surface area contributed by atoms with E-state index in [1.165, 1.54) is 7.11 Å². The van der Waals surface area contributed by atoms with Crippen LogP contribution in [-0.2, 0) is 4.74 Å². The molecule has 0 spiro atoms. The molecule has 0 unspecified atom stereocenters. The molecule has 0 radical (unpaired) electrons. The summed E-state index contributed by atoms with van der Waals surface area (Å²) in [5.74, 6) is -2.58. The lowest BCUT2D eigenvalue weighted by atomic mass is 10.0. The molecule has 30 heavy (non-hydrogen) atoms. The van der Waals surface area contributed by atoms with Crippen LogP contribution in [0.1, 0.15) is 42.8 Å². The molecule has 5 N–H and O–H groups in total. The number of carboxylic acid groups (broad SMARTS) is 1. The normalized spacial score (nSPS) is 19.0. The summed E-state index contributed by atoms with van der Waals surface area (Å²) in [5, 5.41) is 12.9. The van der Waals surface area contributed by atoms with Crippen LogP contribution < -0.4 is 16.0 Å². The number of amides is 2. The summed E-state index contributed by atoms with van der Waals surface area (Å²) in [7, 11) is 1.51. The maximum Gasteiger partial charge on any atom is 0.356 e. The van der Waals surface area contributed by atoms with Gasteiger partial charge in [-0.05, 0) is 13.3 Å². The Hall–Kier alpha value is -2.34. The minimum Gasteiger partial charge on any atom is -0.476 e. The number of carbonyl (C=O) groups is 3. The molecular formula is C17H19Cl2N5O5S. The number of aryl methyl sites for hydroxylation is 1. The summed E-state index contributed by atoms with van der Waals surface area (Å²) in [4.78, 5) is 44.1. The van der Waals surface area contributed by atoms with Gasteiger partial charge in [-0.2, -0.15) is 0 Å². The Morgan fingerprint density at radius 1 is 1.37 bits per heavy atom. The zero-order valence-electron chi connectivity index (χ0n) is 16.0. The third-order valence-corrected chi connectivity index (χ3v) is 6.85. The summed E-state index contributed by atoms with van der Waals surface area (Å²) >= 11 is 13.1. The Labute approximate surface area is 185 Å². The molecule has 1 aliphatic heterocycles. The second-order valence-electron chi connectivity index (χ2n) is 6.69. The number of nitrogens with zero attached hydrogens (tertiary/aromatic N) is 2. The van der Waals surface area contributed by atoms with Crippen LogP contribution in [0.3, 0.4) is 0 Å². The minimum absolute atomic E-state index is 0.115. The molecule has 2 aromatic heterocycles. The Bertz CT molecular complexity index is 976. The third-order valence-electron chi connectivity index (χ3n) is 4.77. The van der Waals surface area contributed by atoms with Crippen molar-refractivity contribution in [2.24, 2.45) is 5.73 Å². The first-order valence-electron chi connectivity index (χ1n) is 8.80. The second-order valence-corrected chi connectivity index (χ2v) is 8.42. The molecule has 13 heteroatoms. The van der Waals surface area contributed by atoms with Crippen molar-refractivity contribution in [3.8, 4) is 0 Å². The first-order valence-corrected chi connectivity index (χ1v) is 10.4. The van der Waals surface area contributed by atoms with Crippen molar-refractivity contribution in [3.05, 3.63) is 32.0 Å². The molecule has 2 atom stereocenters. The van der Waals surface area contributed by atoms with Crippen molar-refractivity contribution < 1.29 is 24.2 Å². The molecule has 3 rings (SSSR count). The van der Waals surface area contributed by atoms with Gasteiger partial charge in [-0.1, -0.05) is 34.5 Å². The van der Waals surface area contributed by atoms with E-state index in [4.69, 9.17) is 33.7 Å². The van der Waals surface area contributed by atoms with Crippen LogP contribution in [-0.4, -0.2) is 65.2 Å². The van der Waals surface area contributed by atoms with E-state index >= 15 is 0 Å². The summed E-state index contributed by atoms with van der Waals surface area (Å²) < 4.78 is 5.53. The van der Waals surface area contributed by atoms with Crippen LogP contribution in [0.25, 0.3) is 0 Å². The number of ether oxygens (including phenoxy) is 1. The number of hydrogen-bond donors (Lipinski definition) is 4. The predicted molar refractivity (Wildman–Crippen MR) is 112 cm³/mol. The smallest absolute Gasteiger partial charge is 0.356 e. The Kier molecular flexibility index (Phi) is 6.56. The number of aromatic nitrogens is 2. The van der Waals surface area contributed by atoms with Gasteiger partial charge in [0.1, 0.15) is 10.6 Å². The number of carbonyl (C=O) groups excluding carboxylic acids is 2. The number of hydrogen-bond acceptors (Lipinski definition) is 7. The number of nitrogens with two attached hydrogens (primary N) is 1. The van der Waals surface area contributed by atoms with Crippen LogP contribution in [0.15, 0.2) is 0 Å². The fraction of sp³-hybridized carbons (Fsp3) is 0.412. The molecule has 10 nitrogen and oxygen atoms in total. The van der Waals surface area contributed by atoms with E-state index in [2.05, 4.69) is 15.3 Å². The van der Waals surface area contributed by atoms with Crippen molar-refractivity contribution in [2.75, 3.05) is 25.1 Å². The molecular weight excluding hydrogens is 457 g/mol. The lowest BCUT2D eigenvalue weighted by molar-refractivity contribution is 0.0539. The average Bonchev–Trinajstić information content (AvgIpc) is 3.26. The SMILES string of the molecule is CO[C@@H]1CN(c2nc(C(=O)O)c(C(N)=O)s2)CC[C@@H]1NC(=O)c1[nH]c(C)c(Cl)c1Cl. The molecule has 0 aliphatic carbocycles. The lowest BCUT2D eigenvalue weighted by Gasteiger charge is -2.37. The molecule has 2 amide bonds. The van der Waals surface area contributed by atoms with Crippen LogP contribution in [0.4, 0.5) is 5.13 Å². The summed E-state index contributed by atoms with van der Waals surface area (Å²) in [5.41, 5.74) is 5.65. The number of methoxy groups -OCH3 is 1. The van der Waals surface area contributed by atoms with Crippen LogP contribution in [0.2, 0.25) is 10.0 Å². The van der Waals surface area contributed by atoms with Gasteiger partial charge in [0.05, 0.1) is 22.2 Å². The molecule has 0 aromatic carbocycles. The first kappa shape index (κ1) is 22.3. The van der Waals surface area contributed by atoms with Gasteiger partial charge < -0.3 is 30.8 Å². The average molecular weight is 476 g/mol. The maximum absolute atomic E-state index is 12.6. The number of halogens is 2. The molecule has 2 aromatic rings. The first-order chi connectivity index (χ1) is 14.1. The molecule has 162 valence electrons. The van der Waals surface area contributed by atoms with Crippen LogP contribution >= 0.6 is 34.5 Å². The van der Waals surface area contributed by atoms with E-state index in [0.29, 0.717) is 35.4 Å². The van der Waals surface area contributed by atoms with Gasteiger partial charge in [0.15, 0.2) is 10.8 Å². The molecule has 1 fully saturated rings. The number of aromatic carboxylic acids is 1. The number of nitrogens with one attached hydrogen (secondary N) is 2. The highest BCUT2D eigenvalue weighted by atomic mass is 35.5. The van der Waals surface area contributed by atoms with Crippen molar-refractivity contribution in [1.82, 2.24) is 15.3 Å². The van der Waals surface area contributed by atoms with Crippen molar-refractivity contribution >= 4 is 57.5 Å². The minimum atomic E-state index is -1.33. The Morgan fingerprint density at radius 3 is 2.57 bits per heavy atom. The lowest BCUT2D eigenvalue weighted by Crippen LogP contribution is -2.55. The zero-order valence-corrected chi connectivity index (χ0v) is 18.3. The number of rotatable bonds is 6. The summed E-state index contributed by atoms with van der Waals surface area (Å²) in [6.45, 7) is 2.49. The molecule has 0 bridgehead atoms. The molecule has 3 heterocycles. The van der Waals surface area contributed by atoms with Gasteiger partial charge in [0.2, 0.25) is 0 Å². The van der Waals surface area contributed by atoms with Gasteiger partial charge in [0, 0.05) is 25.9 Å². The van der Waals surface area contributed by atoms with Crippen molar-refractivity contribution in [3.63, 3.8) is 0 Å². The Morgan fingerprint density at radius 2 is 2.07 bits per heavy atom. The number of piperidine rings is 1. The zero-order chi connectivity index (χ0) is 22.2. The van der Waals surface area contributed by atoms with Crippen molar-refractivity contribution in [2.45, 2.75) is 25.5 Å². The fourth-order valence-corrected chi connectivity index (χ4v) is 4.58. The quantitative estimate of drug-likeness (QED) is 0.497. The largest absolute Gasteiger partial charge is 0.476 e. The highest BCUT2D eigenvalue weighted by Crippen LogP contribution is 2.31. The summed E-state index contributed by atoms with van der Waals surface area (Å²) in [6.07, 6.45) is 0.0746. The Balaban J connectivity index is 1.74. The number of aromatic amines is 1. The van der Waals surface area contributed by atoms with E-state index in [0.717, 1.165) is 11.3 Å².